The van der Waals surface area contributed by atoms with Gasteiger partial charge in [-0.25, -0.2) is 4.79 Å². The van der Waals surface area contributed by atoms with Gasteiger partial charge >= 0.3 is 5.69 Å². The predicted molar refractivity (Wildman–Crippen MR) is 117 cm³/mol. The Bertz CT molecular complexity index is 1040. The van der Waals surface area contributed by atoms with E-state index in [1.165, 1.54) is 12.6 Å². The van der Waals surface area contributed by atoms with Crippen molar-refractivity contribution in [3.05, 3.63) is 69.8 Å². The lowest BCUT2D eigenvalue weighted by molar-refractivity contribution is 0.0765. The Balaban J connectivity index is 1.38. The Morgan fingerprint density at radius 2 is 1.77 bits per heavy atom. The zero-order valence-electron chi connectivity index (χ0n) is 18.0. The molecule has 2 saturated heterocycles. The smallest absolute Gasteiger partial charge is 0.348 e. The van der Waals surface area contributed by atoms with Gasteiger partial charge in [0.05, 0.1) is 11.3 Å². The van der Waals surface area contributed by atoms with E-state index >= 15 is 0 Å². The van der Waals surface area contributed by atoms with Crippen LogP contribution in [-0.2, 0) is 7.05 Å². The van der Waals surface area contributed by atoms with Crippen LogP contribution in [0.5, 0.6) is 0 Å². The molecule has 1 radical (unpaired) electrons. The Morgan fingerprint density at radius 1 is 1.13 bits per heavy atom. The number of fused-ring (bicyclic) bond motifs is 1. The molecule has 0 aliphatic carbocycles. The molecule has 163 valence electrons. The van der Waals surface area contributed by atoms with Gasteiger partial charge in [0, 0.05) is 33.2 Å². The van der Waals surface area contributed by atoms with E-state index in [4.69, 9.17) is 5.73 Å². The number of carbonyl (C=O) groups excluding carboxylic acids is 2. The first-order valence-electron chi connectivity index (χ1n) is 10.6. The number of hydrogen-bond donors (Lipinski definition) is 1. The third-order valence-electron chi connectivity index (χ3n) is 6.41. The molecule has 0 bridgehead atoms. The number of amides is 2. The van der Waals surface area contributed by atoms with Crippen molar-refractivity contribution in [2.45, 2.75) is 13.3 Å². The second-order valence-electron chi connectivity index (χ2n) is 8.52. The summed E-state index contributed by atoms with van der Waals surface area (Å²) in [7, 11) is 1.41. The summed E-state index contributed by atoms with van der Waals surface area (Å²) in [5.41, 5.74) is 6.45. The molecular formula is C23H28N5O3. The number of benzene rings is 1. The van der Waals surface area contributed by atoms with E-state index in [9.17, 15) is 14.4 Å². The summed E-state index contributed by atoms with van der Waals surface area (Å²) in [5, 5.41) is 0. The molecule has 1 aromatic heterocycles. The van der Waals surface area contributed by atoms with Gasteiger partial charge in [0.2, 0.25) is 0 Å². The first-order valence-corrected chi connectivity index (χ1v) is 10.6. The van der Waals surface area contributed by atoms with Crippen LogP contribution in [0.15, 0.2) is 35.1 Å². The normalized spacial score (nSPS) is 20.8. The van der Waals surface area contributed by atoms with Crippen molar-refractivity contribution in [3.8, 4) is 0 Å². The maximum absolute atomic E-state index is 13.2. The zero-order valence-corrected chi connectivity index (χ0v) is 18.0. The molecule has 8 heteroatoms. The number of carbonyl (C=O) groups is 2. The van der Waals surface area contributed by atoms with Crippen LogP contribution in [0.3, 0.4) is 0 Å². The average molecular weight is 423 g/mol. The second kappa shape index (κ2) is 8.63. The topological polar surface area (TPSA) is 102 Å². The van der Waals surface area contributed by atoms with E-state index in [2.05, 4.69) is 28.4 Å². The van der Waals surface area contributed by atoms with Crippen molar-refractivity contribution < 1.29 is 9.59 Å². The Kier molecular flexibility index (Phi) is 5.91. The SMILES string of the molecule is Cc1nc(=O)n(C)c(C(N)=O)c1C(=O)N1CC2CN(CC[CH]c3ccccc3)C[C@H]2C1. The molecule has 1 aromatic carbocycles. The first kappa shape index (κ1) is 21.2. The van der Waals surface area contributed by atoms with Gasteiger partial charge in [-0.3, -0.25) is 14.2 Å². The van der Waals surface area contributed by atoms with Gasteiger partial charge in [0.25, 0.3) is 11.8 Å². The van der Waals surface area contributed by atoms with Gasteiger partial charge in [0.1, 0.15) is 5.69 Å². The molecule has 31 heavy (non-hydrogen) atoms. The van der Waals surface area contributed by atoms with Crippen molar-refractivity contribution in [2.24, 2.45) is 24.6 Å². The highest BCUT2D eigenvalue weighted by Crippen LogP contribution is 2.32. The second-order valence-corrected chi connectivity index (χ2v) is 8.52. The number of rotatable bonds is 6. The Labute approximate surface area is 181 Å². The molecule has 3 heterocycles. The molecule has 2 aliphatic heterocycles. The lowest BCUT2D eigenvalue weighted by Gasteiger charge is -2.23. The summed E-state index contributed by atoms with van der Waals surface area (Å²) in [5.74, 6) is -0.238. The van der Waals surface area contributed by atoms with Crippen LogP contribution < -0.4 is 11.4 Å². The molecule has 2 fully saturated rings. The minimum atomic E-state index is -0.798. The third kappa shape index (κ3) is 4.25. The molecule has 4 rings (SSSR count). The Hall–Kier alpha value is -3.00. The average Bonchev–Trinajstić information content (AvgIpc) is 3.29. The third-order valence-corrected chi connectivity index (χ3v) is 6.41. The van der Waals surface area contributed by atoms with Crippen molar-refractivity contribution in [2.75, 3.05) is 32.7 Å². The highest BCUT2D eigenvalue weighted by atomic mass is 16.2. The number of nitrogens with two attached hydrogens (primary N) is 1. The molecule has 2 amide bonds. The van der Waals surface area contributed by atoms with Gasteiger partial charge in [-0.2, -0.15) is 4.98 Å². The summed E-state index contributed by atoms with van der Waals surface area (Å²) in [6, 6.07) is 10.3. The van der Waals surface area contributed by atoms with Crippen LogP contribution in [0.2, 0.25) is 0 Å². The summed E-state index contributed by atoms with van der Waals surface area (Å²) in [4.78, 5) is 45.3. The highest BCUT2D eigenvalue weighted by molar-refractivity contribution is 6.06. The fraction of sp³-hybridized carbons (Fsp3) is 0.435. The van der Waals surface area contributed by atoms with Crippen molar-refractivity contribution in [3.63, 3.8) is 0 Å². The summed E-state index contributed by atoms with van der Waals surface area (Å²) >= 11 is 0. The summed E-state index contributed by atoms with van der Waals surface area (Å²) < 4.78 is 1.06. The van der Waals surface area contributed by atoms with Crippen molar-refractivity contribution >= 4 is 11.8 Å². The van der Waals surface area contributed by atoms with E-state index in [0.29, 0.717) is 24.9 Å². The van der Waals surface area contributed by atoms with E-state index < -0.39 is 11.6 Å². The largest absolute Gasteiger partial charge is 0.364 e. The van der Waals surface area contributed by atoms with Crippen molar-refractivity contribution in [1.82, 2.24) is 19.4 Å². The molecule has 2 atom stereocenters. The number of aromatic nitrogens is 2. The number of likely N-dealkylation sites (tertiary alicyclic amines) is 2. The van der Waals surface area contributed by atoms with Crippen LogP contribution >= 0.6 is 0 Å². The number of nitrogens with zero attached hydrogens (tertiary/aromatic N) is 4. The van der Waals surface area contributed by atoms with Gasteiger partial charge < -0.3 is 15.5 Å². The first-order chi connectivity index (χ1) is 14.8. The maximum Gasteiger partial charge on any atom is 0.348 e. The molecule has 2 N–H and O–H groups in total. The van der Waals surface area contributed by atoms with E-state index in [1.807, 2.05) is 18.2 Å². The molecule has 1 unspecified atom stereocenters. The van der Waals surface area contributed by atoms with Gasteiger partial charge in [-0.15, -0.1) is 0 Å². The van der Waals surface area contributed by atoms with E-state index in [1.54, 1.807) is 11.8 Å². The van der Waals surface area contributed by atoms with Crippen LogP contribution in [0.25, 0.3) is 0 Å². The van der Waals surface area contributed by atoms with E-state index in [0.717, 1.165) is 30.6 Å². The molecule has 2 aromatic rings. The van der Waals surface area contributed by atoms with Gasteiger partial charge in [0.15, 0.2) is 0 Å². The Morgan fingerprint density at radius 3 is 2.39 bits per heavy atom. The fourth-order valence-electron chi connectivity index (χ4n) is 4.85. The molecular weight excluding hydrogens is 394 g/mol. The highest BCUT2D eigenvalue weighted by Gasteiger charge is 2.42. The van der Waals surface area contributed by atoms with Gasteiger partial charge in [-0.05, 0) is 43.7 Å². The van der Waals surface area contributed by atoms with Crippen LogP contribution in [0.1, 0.15) is 38.5 Å². The lowest BCUT2D eigenvalue weighted by atomic mass is 10.0. The predicted octanol–water partition coefficient (Wildman–Crippen LogP) is 0.834. The number of hydrogen-bond acceptors (Lipinski definition) is 5. The number of primary amides is 1. The van der Waals surface area contributed by atoms with Crippen LogP contribution in [0, 0.1) is 25.2 Å². The zero-order chi connectivity index (χ0) is 22.1. The van der Waals surface area contributed by atoms with Crippen molar-refractivity contribution in [1.29, 1.82) is 0 Å². The fourth-order valence-corrected chi connectivity index (χ4v) is 4.85. The minimum absolute atomic E-state index is 0.0716. The van der Waals surface area contributed by atoms with Crippen LogP contribution in [0.4, 0.5) is 0 Å². The van der Waals surface area contributed by atoms with E-state index in [-0.39, 0.29) is 22.9 Å². The lowest BCUT2D eigenvalue weighted by Crippen LogP contribution is -2.39. The monoisotopic (exact) mass is 422 g/mol. The minimum Gasteiger partial charge on any atom is -0.364 e. The summed E-state index contributed by atoms with van der Waals surface area (Å²) in [6.07, 6.45) is 3.25. The van der Waals surface area contributed by atoms with Gasteiger partial charge in [-0.1, -0.05) is 30.3 Å². The molecule has 2 aliphatic rings. The number of aryl methyl sites for hydroxylation is 1. The standard InChI is InChI=1S/C23H28N5O3/c1-15-19(20(21(24)29)26(2)23(31)25-15)22(30)28-13-17-11-27(12-18(17)14-28)10-6-9-16-7-4-3-5-8-16/h3-5,7-9,17-18H,6,10-14H2,1-2H3,(H2,24,29)/t17-,18?/m0/s1. The summed E-state index contributed by atoms with van der Waals surface area (Å²) in [6.45, 7) is 5.79. The maximum atomic E-state index is 13.2. The van der Waals surface area contributed by atoms with Crippen LogP contribution in [-0.4, -0.2) is 63.9 Å². The molecule has 0 spiro atoms. The molecule has 8 nitrogen and oxygen atoms in total. The molecule has 0 saturated carbocycles. The quantitative estimate of drug-likeness (QED) is 0.743.